The number of hydrogen-bond acceptors (Lipinski definition) is 4. The Bertz CT molecular complexity index is 516. The van der Waals surface area contributed by atoms with E-state index < -0.39 is 0 Å². The molecule has 0 radical (unpaired) electrons. The zero-order valence-electron chi connectivity index (χ0n) is 10.9. The highest BCUT2D eigenvalue weighted by Crippen LogP contribution is 2.31. The van der Waals surface area contributed by atoms with Crippen LogP contribution in [0.1, 0.15) is 19.9 Å². The first kappa shape index (κ1) is 12.3. The molecule has 4 N–H and O–H groups in total. The average molecular weight is 245 g/mol. The number of nitrogen functional groups attached to an aromatic ring is 1. The van der Waals surface area contributed by atoms with Gasteiger partial charge in [-0.2, -0.15) is 5.10 Å². The molecule has 18 heavy (non-hydrogen) atoms. The molecule has 0 saturated carbocycles. The van der Waals surface area contributed by atoms with E-state index in [-0.39, 0.29) is 6.04 Å². The summed E-state index contributed by atoms with van der Waals surface area (Å²) < 4.78 is 1.88. The molecular weight excluding hydrogens is 226 g/mol. The summed E-state index contributed by atoms with van der Waals surface area (Å²) in [6.07, 6.45) is 0. The number of anilines is 4. The van der Waals surface area contributed by atoms with Crippen molar-refractivity contribution in [2.45, 2.75) is 19.9 Å². The third-order valence-corrected chi connectivity index (χ3v) is 2.71. The number of para-hydroxylation sites is 1. The Balaban J connectivity index is 2.34. The molecule has 0 amide bonds. The van der Waals surface area contributed by atoms with Crippen molar-refractivity contribution in [2.75, 3.05) is 23.4 Å². The van der Waals surface area contributed by atoms with E-state index >= 15 is 0 Å². The highest BCUT2D eigenvalue weighted by molar-refractivity contribution is 5.78. The second-order valence-corrected chi connectivity index (χ2v) is 4.39. The van der Waals surface area contributed by atoms with Crippen LogP contribution in [0, 0.1) is 0 Å². The maximum Gasteiger partial charge on any atom is 0.178 e. The van der Waals surface area contributed by atoms with Crippen LogP contribution >= 0.6 is 0 Å². The SMILES string of the molecule is CNc1c(N)c(Nc2ccccc2)nn1C(C)C. The number of nitrogens with zero attached hydrogens (tertiary/aromatic N) is 2. The van der Waals surface area contributed by atoms with Gasteiger partial charge in [0, 0.05) is 18.8 Å². The van der Waals surface area contributed by atoms with E-state index in [1.807, 2.05) is 42.1 Å². The van der Waals surface area contributed by atoms with Crippen molar-refractivity contribution in [3.8, 4) is 0 Å². The molecule has 5 nitrogen and oxygen atoms in total. The number of nitrogens with two attached hydrogens (primary N) is 1. The predicted octanol–water partition coefficient (Wildman–Crippen LogP) is 2.83. The molecule has 0 aliphatic heterocycles. The van der Waals surface area contributed by atoms with Crippen molar-refractivity contribution in [3.63, 3.8) is 0 Å². The molecule has 5 heteroatoms. The lowest BCUT2D eigenvalue weighted by molar-refractivity contribution is 0.541. The zero-order valence-corrected chi connectivity index (χ0v) is 10.9. The Hall–Kier alpha value is -2.17. The minimum absolute atomic E-state index is 0.251. The van der Waals surface area contributed by atoms with Crippen molar-refractivity contribution in [1.29, 1.82) is 0 Å². The van der Waals surface area contributed by atoms with Gasteiger partial charge in [-0.25, -0.2) is 4.68 Å². The predicted molar refractivity (Wildman–Crippen MR) is 76.3 cm³/mol. The molecule has 0 saturated heterocycles. The van der Waals surface area contributed by atoms with Crippen molar-refractivity contribution >= 4 is 23.0 Å². The standard InChI is InChI=1S/C13H19N5/c1-9(2)18-13(15-3)11(14)12(17-18)16-10-7-5-4-6-8-10/h4-9,15H,14H2,1-3H3,(H,16,17). The van der Waals surface area contributed by atoms with Crippen LogP contribution < -0.4 is 16.4 Å². The van der Waals surface area contributed by atoms with Crippen LogP contribution in [0.5, 0.6) is 0 Å². The van der Waals surface area contributed by atoms with E-state index in [9.17, 15) is 0 Å². The van der Waals surface area contributed by atoms with E-state index in [4.69, 9.17) is 5.73 Å². The van der Waals surface area contributed by atoms with E-state index in [2.05, 4.69) is 29.6 Å². The van der Waals surface area contributed by atoms with Crippen LogP contribution in [0.4, 0.5) is 23.0 Å². The first-order valence-corrected chi connectivity index (χ1v) is 6.01. The monoisotopic (exact) mass is 245 g/mol. The summed E-state index contributed by atoms with van der Waals surface area (Å²) in [6.45, 7) is 4.14. The van der Waals surface area contributed by atoms with Gasteiger partial charge in [0.05, 0.1) is 0 Å². The quantitative estimate of drug-likeness (QED) is 0.774. The highest BCUT2D eigenvalue weighted by atomic mass is 15.4. The Labute approximate surface area is 107 Å². The maximum absolute atomic E-state index is 6.09. The van der Waals surface area contributed by atoms with Crippen LogP contribution in [0.15, 0.2) is 30.3 Å². The van der Waals surface area contributed by atoms with Gasteiger partial charge in [-0.05, 0) is 26.0 Å². The summed E-state index contributed by atoms with van der Waals surface area (Å²) in [5, 5.41) is 10.8. The topological polar surface area (TPSA) is 67.9 Å². The summed E-state index contributed by atoms with van der Waals surface area (Å²) in [5.41, 5.74) is 7.70. The Morgan fingerprint density at radius 1 is 1.22 bits per heavy atom. The molecule has 2 rings (SSSR count). The molecule has 0 aliphatic rings. The summed E-state index contributed by atoms with van der Waals surface area (Å²) in [4.78, 5) is 0. The maximum atomic E-state index is 6.09. The minimum atomic E-state index is 0.251. The van der Waals surface area contributed by atoms with E-state index in [0.717, 1.165) is 11.5 Å². The zero-order chi connectivity index (χ0) is 13.1. The number of benzene rings is 1. The molecule has 2 aromatic rings. The third-order valence-electron chi connectivity index (χ3n) is 2.71. The first-order valence-electron chi connectivity index (χ1n) is 6.01. The number of nitrogens with one attached hydrogen (secondary N) is 2. The highest BCUT2D eigenvalue weighted by Gasteiger charge is 2.15. The Morgan fingerprint density at radius 2 is 1.89 bits per heavy atom. The van der Waals surface area contributed by atoms with Gasteiger partial charge in [0.2, 0.25) is 0 Å². The van der Waals surface area contributed by atoms with Gasteiger partial charge >= 0.3 is 0 Å². The lowest BCUT2D eigenvalue weighted by Gasteiger charge is -2.09. The third kappa shape index (κ3) is 2.25. The fourth-order valence-corrected chi connectivity index (χ4v) is 1.82. The van der Waals surface area contributed by atoms with Crippen molar-refractivity contribution in [1.82, 2.24) is 9.78 Å². The normalized spacial score (nSPS) is 10.7. The molecule has 1 aromatic carbocycles. The number of rotatable bonds is 4. The Morgan fingerprint density at radius 3 is 2.39 bits per heavy atom. The molecule has 0 atom stereocenters. The van der Waals surface area contributed by atoms with Crippen molar-refractivity contribution in [2.24, 2.45) is 0 Å². The molecule has 1 heterocycles. The van der Waals surface area contributed by atoms with Gasteiger partial charge in [0.25, 0.3) is 0 Å². The van der Waals surface area contributed by atoms with Crippen molar-refractivity contribution < 1.29 is 0 Å². The van der Waals surface area contributed by atoms with Crippen LogP contribution in [0.25, 0.3) is 0 Å². The minimum Gasteiger partial charge on any atom is -0.393 e. The molecule has 1 aromatic heterocycles. The molecule has 0 fully saturated rings. The summed E-state index contributed by atoms with van der Waals surface area (Å²) in [7, 11) is 1.85. The van der Waals surface area contributed by atoms with Gasteiger partial charge in [-0.1, -0.05) is 18.2 Å². The first-order chi connectivity index (χ1) is 8.63. The molecule has 0 aliphatic carbocycles. The Kier molecular flexibility index (Phi) is 3.41. The number of aromatic nitrogens is 2. The summed E-state index contributed by atoms with van der Waals surface area (Å²) >= 11 is 0. The lowest BCUT2D eigenvalue weighted by atomic mass is 10.3. The van der Waals surface area contributed by atoms with E-state index in [1.165, 1.54) is 0 Å². The lowest BCUT2D eigenvalue weighted by Crippen LogP contribution is -2.07. The second-order valence-electron chi connectivity index (χ2n) is 4.39. The molecule has 0 spiro atoms. The molecule has 0 bridgehead atoms. The smallest absolute Gasteiger partial charge is 0.178 e. The van der Waals surface area contributed by atoms with E-state index in [1.54, 1.807) is 0 Å². The molecular formula is C13H19N5. The van der Waals surface area contributed by atoms with Crippen LogP contribution in [0.3, 0.4) is 0 Å². The fraction of sp³-hybridized carbons (Fsp3) is 0.308. The van der Waals surface area contributed by atoms with Gasteiger partial charge in [0.1, 0.15) is 11.5 Å². The van der Waals surface area contributed by atoms with Gasteiger partial charge in [0.15, 0.2) is 5.82 Å². The number of hydrogen-bond donors (Lipinski definition) is 3. The summed E-state index contributed by atoms with van der Waals surface area (Å²) in [5.74, 6) is 1.52. The largest absolute Gasteiger partial charge is 0.393 e. The molecule has 0 unspecified atom stereocenters. The summed E-state index contributed by atoms with van der Waals surface area (Å²) in [6, 6.07) is 10.1. The van der Waals surface area contributed by atoms with Gasteiger partial charge < -0.3 is 16.4 Å². The van der Waals surface area contributed by atoms with Gasteiger partial charge in [-0.3, -0.25) is 0 Å². The fourth-order valence-electron chi connectivity index (χ4n) is 1.82. The van der Waals surface area contributed by atoms with Crippen LogP contribution in [-0.4, -0.2) is 16.8 Å². The van der Waals surface area contributed by atoms with Crippen LogP contribution in [0.2, 0.25) is 0 Å². The van der Waals surface area contributed by atoms with Crippen molar-refractivity contribution in [3.05, 3.63) is 30.3 Å². The molecule has 96 valence electrons. The van der Waals surface area contributed by atoms with Crippen LogP contribution in [-0.2, 0) is 0 Å². The average Bonchev–Trinajstić information content (AvgIpc) is 2.68. The second kappa shape index (κ2) is 5.00. The van der Waals surface area contributed by atoms with Gasteiger partial charge in [-0.15, -0.1) is 0 Å². The van der Waals surface area contributed by atoms with E-state index in [0.29, 0.717) is 11.5 Å².